The van der Waals surface area contributed by atoms with Gasteiger partial charge < -0.3 is 5.21 Å². The standard InChI is InChI=1S/C12H15Cl3N4O3S/c1-8(2)17-11(7-19(22,16-17)23-12(13,14)15)9-3-5-10(6-4-9)18(20)21/h3-6,8,11,16H,7H2,1-2H3. The first-order valence-corrected chi connectivity index (χ1v) is 8.59. The van der Waals surface area contributed by atoms with E-state index in [0.29, 0.717) is 11.9 Å². The Labute approximate surface area is 152 Å². The molecule has 7 nitrogen and oxygen atoms in total. The molecule has 2 atom stereocenters. The molecule has 0 saturated carbocycles. The molecule has 2 unspecified atom stereocenters. The molecule has 1 aromatic rings. The lowest BCUT2D eigenvalue weighted by Gasteiger charge is -2.36. The van der Waals surface area contributed by atoms with Crippen molar-refractivity contribution in [3.8, 4) is 0 Å². The highest BCUT2D eigenvalue weighted by Crippen LogP contribution is 2.47. The maximum atomic E-state index is 12.8. The van der Waals surface area contributed by atoms with Crippen LogP contribution in [-0.4, -0.2) is 29.8 Å². The van der Waals surface area contributed by atoms with E-state index in [4.69, 9.17) is 34.8 Å². The van der Waals surface area contributed by atoms with Crippen LogP contribution in [0.1, 0.15) is 25.5 Å². The molecule has 0 bridgehead atoms. The van der Waals surface area contributed by atoms with Gasteiger partial charge in [-0.15, -0.1) is 0 Å². The SMILES string of the molecule is CC(C)N1N[N+]([O-])(SC(Cl)(Cl)Cl)CC1c1ccc([N+](=O)[O-])cc1. The number of rotatable bonds is 4. The summed E-state index contributed by atoms with van der Waals surface area (Å²) in [5, 5.41) is 25.3. The van der Waals surface area contributed by atoms with E-state index in [0.717, 1.165) is 5.56 Å². The smallest absolute Gasteiger partial charge is 0.293 e. The summed E-state index contributed by atoms with van der Waals surface area (Å²) in [6, 6.07) is 5.79. The number of benzene rings is 1. The number of hydroxylamine groups is 1. The zero-order valence-corrected chi connectivity index (χ0v) is 15.4. The van der Waals surface area contributed by atoms with Gasteiger partial charge in [0, 0.05) is 18.2 Å². The van der Waals surface area contributed by atoms with E-state index in [1.54, 1.807) is 17.1 Å². The number of nitro benzene ring substituents is 1. The second kappa shape index (κ2) is 6.89. The highest BCUT2D eigenvalue weighted by molar-refractivity contribution is 7.99. The first kappa shape index (κ1) is 19.0. The summed E-state index contributed by atoms with van der Waals surface area (Å²) in [4.78, 5) is 10.3. The summed E-state index contributed by atoms with van der Waals surface area (Å²) in [6.07, 6.45) is 0. The summed E-state index contributed by atoms with van der Waals surface area (Å²) in [6.45, 7) is 3.93. The quantitative estimate of drug-likeness (QED) is 0.204. The second-order valence-corrected chi connectivity index (χ2v) is 9.70. The number of nitro groups is 1. The summed E-state index contributed by atoms with van der Waals surface area (Å²) in [5.41, 5.74) is 3.57. The minimum absolute atomic E-state index is 0.000110. The fraction of sp³-hybridized carbons (Fsp3) is 0.500. The first-order valence-electron chi connectivity index (χ1n) is 6.68. The molecule has 0 amide bonds. The van der Waals surface area contributed by atoms with Gasteiger partial charge in [-0.3, -0.25) is 10.1 Å². The molecule has 1 saturated heterocycles. The van der Waals surface area contributed by atoms with Gasteiger partial charge in [0.25, 0.3) is 8.81 Å². The first-order chi connectivity index (χ1) is 10.5. The van der Waals surface area contributed by atoms with E-state index in [-0.39, 0.29) is 24.3 Å². The molecule has 1 aliphatic heterocycles. The van der Waals surface area contributed by atoms with Gasteiger partial charge in [-0.1, -0.05) is 52.5 Å². The second-order valence-electron chi connectivity index (χ2n) is 5.36. The predicted octanol–water partition coefficient (Wildman–Crippen LogP) is 4.07. The number of alkyl halides is 3. The summed E-state index contributed by atoms with van der Waals surface area (Å²) in [5.74, 6) is 0. The number of hydrogen-bond donors (Lipinski definition) is 1. The topological polar surface area (TPSA) is 81.5 Å². The van der Waals surface area contributed by atoms with Crippen molar-refractivity contribution in [2.45, 2.75) is 29.1 Å². The largest absolute Gasteiger partial charge is 0.598 e. The van der Waals surface area contributed by atoms with Crippen molar-refractivity contribution in [2.24, 2.45) is 0 Å². The van der Waals surface area contributed by atoms with Crippen molar-refractivity contribution in [3.05, 3.63) is 45.2 Å². The van der Waals surface area contributed by atoms with E-state index in [1.807, 2.05) is 13.8 Å². The molecule has 11 heteroatoms. The van der Waals surface area contributed by atoms with Crippen LogP contribution < -0.4 is 5.53 Å². The summed E-state index contributed by atoms with van der Waals surface area (Å²) >= 11 is 17.8. The van der Waals surface area contributed by atoms with Crippen LogP contribution in [0.15, 0.2) is 24.3 Å². The number of hydrogen-bond acceptors (Lipinski definition) is 6. The monoisotopic (exact) mass is 400 g/mol. The fourth-order valence-corrected chi connectivity index (χ4v) is 4.08. The highest BCUT2D eigenvalue weighted by atomic mass is 35.6. The van der Waals surface area contributed by atoms with Crippen molar-refractivity contribution in [2.75, 3.05) is 6.54 Å². The minimum atomic E-state index is -1.76. The molecule has 1 fully saturated rings. The molecule has 128 valence electrons. The normalized spacial score (nSPS) is 26.0. The van der Waals surface area contributed by atoms with Crippen molar-refractivity contribution < 1.29 is 9.08 Å². The van der Waals surface area contributed by atoms with Crippen molar-refractivity contribution in [1.82, 2.24) is 10.5 Å². The maximum absolute atomic E-state index is 12.8. The van der Waals surface area contributed by atoms with Crippen LogP contribution >= 0.6 is 46.8 Å². The minimum Gasteiger partial charge on any atom is -0.598 e. The lowest BCUT2D eigenvalue weighted by Crippen LogP contribution is -2.50. The number of non-ortho nitro benzene ring substituents is 1. The Morgan fingerprint density at radius 1 is 1.39 bits per heavy atom. The molecule has 0 spiro atoms. The number of quaternary nitrogens is 1. The van der Waals surface area contributed by atoms with Crippen LogP contribution in [-0.2, 0) is 0 Å². The van der Waals surface area contributed by atoms with Gasteiger partial charge in [0.15, 0.2) is 11.9 Å². The zero-order chi connectivity index (χ0) is 17.4. The Bertz CT molecular complexity index is 584. The Morgan fingerprint density at radius 3 is 2.39 bits per heavy atom. The average Bonchev–Trinajstić information content (AvgIpc) is 2.74. The third-order valence-corrected chi connectivity index (χ3v) is 4.67. The molecule has 2 rings (SSSR count). The van der Waals surface area contributed by atoms with Crippen LogP contribution in [0.25, 0.3) is 0 Å². The lowest BCUT2D eigenvalue weighted by molar-refractivity contribution is -0.788. The number of nitrogens with zero attached hydrogens (tertiary/aromatic N) is 3. The number of hydrazine groups is 1. The average molecular weight is 402 g/mol. The summed E-state index contributed by atoms with van der Waals surface area (Å²) < 4.78 is -2.72. The van der Waals surface area contributed by atoms with Gasteiger partial charge in [0.1, 0.15) is 12.6 Å². The molecule has 1 N–H and O–H groups in total. The van der Waals surface area contributed by atoms with Crippen LogP contribution in [0.2, 0.25) is 0 Å². The number of halogens is 3. The molecular weight excluding hydrogens is 387 g/mol. The van der Waals surface area contributed by atoms with E-state index in [2.05, 4.69) is 5.53 Å². The zero-order valence-electron chi connectivity index (χ0n) is 12.3. The van der Waals surface area contributed by atoms with Gasteiger partial charge in [0.05, 0.1) is 4.92 Å². The molecule has 0 radical (unpaired) electrons. The van der Waals surface area contributed by atoms with Gasteiger partial charge in [-0.05, 0) is 19.4 Å². The van der Waals surface area contributed by atoms with E-state index >= 15 is 0 Å². The third kappa shape index (κ3) is 4.83. The molecule has 0 aromatic heterocycles. The van der Waals surface area contributed by atoms with E-state index < -0.39 is 12.2 Å². The van der Waals surface area contributed by atoms with Crippen LogP contribution in [0, 0.1) is 15.3 Å². The van der Waals surface area contributed by atoms with Gasteiger partial charge in [0.2, 0.25) is 0 Å². The number of nitrogens with one attached hydrogen (secondary N) is 1. The molecule has 1 heterocycles. The van der Waals surface area contributed by atoms with E-state index in [1.165, 1.54) is 12.1 Å². The van der Waals surface area contributed by atoms with Gasteiger partial charge in [-0.25, -0.2) is 0 Å². The van der Waals surface area contributed by atoms with Gasteiger partial charge in [-0.2, -0.15) is 9.17 Å². The fourth-order valence-electron chi connectivity index (χ4n) is 2.39. The van der Waals surface area contributed by atoms with Gasteiger partial charge >= 0.3 is 0 Å². The van der Waals surface area contributed by atoms with Crippen LogP contribution in [0.3, 0.4) is 0 Å². The Morgan fingerprint density at radius 2 is 1.96 bits per heavy atom. The maximum Gasteiger partial charge on any atom is 0.293 e. The molecule has 1 aromatic carbocycles. The Kier molecular flexibility index (Phi) is 5.70. The third-order valence-electron chi connectivity index (χ3n) is 3.31. The van der Waals surface area contributed by atoms with Crippen molar-refractivity contribution in [1.29, 1.82) is 0 Å². The molecule has 0 aliphatic carbocycles. The molecular formula is C12H15Cl3N4O3S. The van der Waals surface area contributed by atoms with E-state index in [9.17, 15) is 15.3 Å². The Balaban J connectivity index is 2.26. The molecule has 23 heavy (non-hydrogen) atoms. The van der Waals surface area contributed by atoms with Crippen molar-refractivity contribution >= 4 is 52.4 Å². The summed E-state index contributed by atoms with van der Waals surface area (Å²) in [7, 11) is 0. The predicted molar refractivity (Wildman–Crippen MR) is 92.3 cm³/mol. The highest BCUT2D eigenvalue weighted by Gasteiger charge is 2.46. The Hall–Kier alpha value is -0.320. The van der Waals surface area contributed by atoms with Crippen LogP contribution in [0.4, 0.5) is 5.69 Å². The molecule has 1 aliphatic rings. The van der Waals surface area contributed by atoms with Crippen molar-refractivity contribution in [3.63, 3.8) is 0 Å². The lowest BCUT2D eigenvalue weighted by atomic mass is 10.1. The van der Waals surface area contributed by atoms with Crippen LogP contribution in [0.5, 0.6) is 0 Å².